The molecule has 2 N–H and O–H groups in total. The average Bonchev–Trinajstić information content (AvgIpc) is 3.00. The number of aromatic nitrogens is 2. The molecule has 0 radical (unpaired) electrons. The highest BCUT2D eigenvalue weighted by molar-refractivity contribution is 7.88. The third-order valence-electron chi connectivity index (χ3n) is 6.28. The van der Waals surface area contributed by atoms with Gasteiger partial charge in [0.25, 0.3) is 5.56 Å². The van der Waals surface area contributed by atoms with Gasteiger partial charge in [-0.2, -0.15) is 0 Å². The Morgan fingerprint density at radius 2 is 1.97 bits per heavy atom. The summed E-state index contributed by atoms with van der Waals surface area (Å²) in [6, 6.07) is 5.03. The van der Waals surface area contributed by atoms with Crippen molar-refractivity contribution >= 4 is 26.7 Å². The van der Waals surface area contributed by atoms with Crippen molar-refractivity contribution in [2.75, 3.05) is 24.7 Å². The quantitative estimate of drug-likeness (QED) is 0.780. The molecule has 8 nitrogen and oxygen atoms in total. The summed E-state index contributed by atoms with van der Waals surface area (Å²) in [5.41, 5.74) is -0.271. The third kappa shape index (κ3) is 4.04. The molecule has 0 bridgehead atoms. The monoisotopic (exact) mass is 420 g/mol. The van der Waals surface area contributed by atoms with E-state index < -0.39 is 15.6 Å². The highest BCUT2D eigenvalue weighted by Crippen LogP contribution is 2.39. The van der Waals surface area contributed by atoms with Crippen molar-refractivity contribution in [1.29, 1.82) is 0 Å². The van der Waals surface area contributed by atoms with E-state index in [1.54, 1.807) is 23.8 Å². The topological polar surface area (TPSA) is 105 Å². The van der Waals surface area contributed by atoms with Crippen LogP contribution >= 0.6 is 0 Å². The largest absolute Gasteiger partial charge is 0.388 e. The molecule has 2 aromatic heterocycles. The minimum absolute atomic E-state index is 0.122. The maximum absolute atomic E-state index is 12.7. The van der Waals surface area contributed by atoms with E-state index in [4.69, 9.17) is 0 Å². The average molecular weight is 421 g/mol. The van der Waals surface area contributed by atoms with Gasteiger partial charge in [0.05, 0.1) is 23.4 Å². The van der Waals surface area contributed by atoms with Gasteiger partial charge < -0.3 is 15.0 Å². The lowest BCUT2D eigenvalue weighted by Gasteiger charge is -2.31. The molecule has 29 heavy (non-hydrogen) atoms. The van der Waals surface area contributed by atoms with Crippen molar-refractivity contribution in [2.45, 2.75) is 56.7 Å². The zero-order valence-electron chi connectivity index (χ0n) is 16.8. The van der Waals surface area contributed by atoms with Crippen molar-refractivity contribution in [3.8, 4) is 0 Å². The number of anilines is 1. The Labute approximate surface area is 170 Å². The van der Waals surface area contributed by atoms with Gasteiger partial charge in [0.15, 0.2) is 0 Å². The van der Waals surface area contributed by atoms with Gasteiger partial charge >= 0.3 is 0 Å². The lowest BCUT2D eigenvalue weighted by Crippen LogP contribution is -2.42. The normalized spacial score (nSPS) is 26.8. The lowest BCUT2D eigenvalue weighted by atomic mass is 9.99. The van der Waals surface area contributed by atoms with E-state index in [1.165, 1.54) is 16.6 Å². The first-order valence-electron chi connectivity index (χ1n) is 10.1. The maximum atomic E-state index is 12.7. The van der Waals surface area contributed by atoms with Crippen molar-refractivity contribution in [3.63, 3.8) is 0 Å². The molecule has 9 heteroatoms. The molecule has 1 saturated carbocycles. The Morgan fingerprint density at radius 3 is 2.59 bits per heavy atom. The summed E-state index contributed by atoms with van der Waals surface area (Å²) in [6.45, 7) is 2.77. The van der Waals surface area contributed by atoms with Gasteiger partial charge in [-0.05, 0) is 45.1 Å². The molecule has 1 aliphatic heterocycles. The zero-order chi connectivity index (χ0) is 20.8. The van der Waals surface area contributed by atoms with Gasteiger partial charge in [0, 0.05) is 42.8 Å². The van der Waals surface area contributed by atoms with Crippen LogP contribution in [0.2, 0.25) is 0 Å². The van der Waals surface area contributed by atoms with Gasteiger partial charge in [-0.25, -0.2) is 17.7 Å². The Kier molecular flexibility index (Phi) is 5.16. The fraction of sp³-hybridized carbons (Fsp3) is 0.600. The minimum Gasteiger partial charge on any atom is -0.388 e. The number of piperidine rings is 1. The fourth-order valence-corrected chi connectivity index (χ4v) is 5.51. The minimum atomic E-state index is -3.15. The second kappa shape index (κ2) is 7.37. The van der Waals surface area contributed by atoms with Crippen molar-refractivity contribution in [3.05, 3.63) is 34.7 Å². The molecule has 0 amide bonds. The van der Waals surface area contributed by atoms with Crippen LogP contribution in [0, 0.1) is 0 Å². The van der Waals surface area contributed by atoms with E-state index >= 15 is 0 Å². The number of nitrogens with one attached hydrogen (secondary N) is 1. The van der Waals surface area contributed by atoms with Gasteiger partial charge in [-0.15, -0.1) is 0 Å². The summed E-state index contributed by atoms with van der Waals surface area (Å²) >= 11 is 0. The standard InChI is InChI=1S/C20H28N4O4S/c1-20(26)9-3-4-17(20)24-16-12-18(21-13-14(16)5-6-19(24)25)22-15-7-10-23(11-8-15)29(2,27)28/h5-6,12-13,15,17,26H,3-4,7-11H2,1-2H3,(H,21,22)/t17-,20-/m1/s1. The molecular weight excluding hydrogens is 392 g/mol. The molecule has 0 aromatic carbocycles. The lowest BCUT2D eigenvalue weighted by molar-refractivity contribution is 0.0269. The second-order valence-electron chi connectivity index (χ2n) is 8.52. The van der Waals surface area contributed by atoms with Crippen LogP contribution in [0.5, 0.6) is 0 Å². The number of rotatable bonds is 4. The predicted octanol–water partition coefficient (Wildman–Crippen LogP) is 1.71. The molecule has 3 heterocycles. The SMILES string of the molecule is C[C@@]1(O)CCC[C@H]1n1c(=O)ccc2cnc(NC3CCN(S(C)(=O)=O)CC3)cc21. The van der Waals surface area contributed by atoms with E-state index in [9.17, 15) is 18.3 Å². The Balaban J connectivity index is 1.61. The molecule has 4 rings (SSSR count). The number of hydrogen-bond acceptors (Lipinski definition) is 6. The third-order valence-corrected chi connectivity index (χ3v) is 7.58. The first kappa shape index (κ1) is 20.3. The highest BCUT2D eigenvalue weighted by atomic mass is 32.2. The van der Waals surface area contributed by atoms with Crippen molar-refractivity contribution in [2.24, 2.45) is 0 Å². The van der Waals surface area contributed by atoms with Gasteiger partial charge in [-0.3, -0.25) is 4.79 Å². The predicted molar refractivity (Wildman–Crippen MR) is 113 cm³/mol. The van der Waals surface area contributed by atoms with Crippen LogP contribution < -0.4 is 10.9 Å². The maximum Gasteiger partial charge on any atom is 0.251 e. The molecule has 2 fully saturated rings. The number of fused-ring (bicyclic) bond motifs is 1. The van der Waals surface area contributed by atoms with Crippen LogP contribution in [-0.4, -0.2) is 58.4 Å². The highest BCUT2D eigenvalue weighted by Gasteiger charge is 2.39. The molecule has 2 aliphatic rings. The summed E-state index contributed by atoms with van der Waals surface area (Å²) in [6.07, 6.45) is 6.70. The van der Waals surface area contributed by atoms with Crippen LogP contribution in [0.25, 0.3) is 10.9 Å². The number of sulfonamides is 1. The second-order valence-corrected chi connectivity index (χ2v) is 10.5. The van der Waals surface area contributed by atoms with Crippen LogP contribution in [0.3, 0.4) is 0 Å². The Morgan fingerprint density at radius 1 is 1.24 bits per heavy atom. The van der Waals surface area contributed by atoms with Crippen LogP contribution in [0.1, 0.15) is 45.1 Å². The Hall–Kier alpha value is -1.97. The van der Waals surface area contributed by atoms with E-state index in [0.717, 1.165) is 23.7 Å². The van der Waals surface area contributed by atoms with Crippen molar-refractivity contribution in [1.82, 2.24) is 13.9 Å². The summed E-state index contributed by atoms with van der Waals surface area (Å²) < 4.78 is 26.6. The Bertz CT molecular complexity index is 1070. The zero-order valence-corrected chi connectivity index (χ0v) is 17.7. The molecule has 0 unspecified atom stereocenters. The molecule has 1 aliphatic carbocycles. The molecule has 1 saturated heterocycles. The van der Waals surface area contributed by atoms with Gasteiger partial charge in [0.1, 0.15) is 5.82 Å². The summed E-state index contributed by atoms with van der Waals surface area (Å²) in [5, 5.41) is 15.0. The number of hydrogen-bond donors (Lipinski definition) is 2. The first-order valence-corrected chi connectivity index (χ1v) is 12.0. The summed E-state index contributed by atoms with van der Waals surface area (Å²) in [4.78, 5) is 17.2. The number of pyridine rings is 2. The first-order chi connectivity index (χ1) is 13.6. The van der Waals surface area contributed by atoms with E-state index in [2.05, 4.69) is 10.3 Å². The van der Waals surface area contributed by atoms with E-state index in [1.807, 2.05) is 6.07 Å². The summed E-state index contributed by atoms with van der Waals surface area (Å²) in [5.74, 6) is 0.660. The van der Waals surface area contributed by atoms with E-state index in [-0.39, 0.29) is 17.6 Å². The van der Waals surface area contributed by atoms with Crippen LogP contribution in [0.4, 0.5) is 5.82 Å². The van der Waals surface area contributed by atoms with E-state index in [0.29, 0.717) is 38.2 Å². The molecule has 2 aromatic rings. The summed E-state index contributed by atoms with van der Waals surface area (Å²) in [7, 11) is -3.15. The van der Waals surface area contributed by atoms with Crippen LogP contribution in [-0.2, 0) is 10.0 Å². The molecule has 2 atom stereocenters. The van der Waals surface area contributed by atoms with Crippen molar-refractivity contribution < 1.29 is 13.5 Å². The molecule has 158 valence electrons. The number of nitrogens with zero attached hydrogens (tertiary/aromatic N) is 3. The molecule has 0 spiro atoms. The van der Waals surface area contributed by atoms with Gasteiger partial charge in [0.2, 0.25) is 10.0 Å². The smallest absolute Gasteiger partial charge is 0.251 e. The fourth-order valence-electron chi connectivity index (χ4n) is 4.63. The number of aliphatic hydroxyl groups is 1. The van der Waals surface area contributed by atoms with Crippen LogP contribution in [0.15, 0.2) is 29.2 Å². The molecular formula is C20H28N4O4S. The van der Waals surface area contributed by atoms with Gasteiger partial charge in [-0.1, -0.05) is 0 Å².